The van der Waals surface area contributed by atoms with Crippen LogP contribution in [0.2, 0.25) is 0 Å². The molecule has 2 atom stereocenters. The van der Waals surface area contributed by atoms with Gasteiger partial charge in [-0.15, -0.1) is 0 Å². The van der Waals surface area contributed by atoms with Crippen molar-refractivity contribution in [1.82, 2.24) is 30.0 Å². The predicted molar refractivity (Wildman–Crippen MR) is 119 cm³/mol. The average Bonchev–Trinajstić information content (AvgIpc) is 3.38. The van der Waals surface area contributed by atoms with Gasteiger partial charge in [0.05, 0.1) is 11.8 Å². The molecule has 0 aliphatic heterocycles. The number of aryl methyl sites for hydroxylation is 1. The van der Waals surface area contributed by atoms with E-state index in [9.17, 15) is 4.79 Å². The van der Waals surface area contributed by atoms with Gasteiger partial charge in [-0.25, -0.2) is 14.4 Å². The Hall–Kier alpha value is -3.99. The molecule has 1 fully saturated rings. The Morgan fingerprint density at radius 2 is 2.16 bits per heavy atom. The third kappa shape index (κ3) is 3.52. The Morgan fingerprint density at radius 3 is 2.84 bits per heavy atom. The zero-order chi connectivity index (χ0) is 22.2. The van der Waals surface area contributed by atoms with E-state index in [0.29, 0.717) is 22.6 Å². The Morgan fingerprint density at radius 1 is 1.28 bits per heavy atom. The molecule has 8 heteroatoms. The smallest absolute Gasteiger partial charge is 0.296 e. The molecule has 1 aliphatic rings. The molecule has 2 N–H and O–H groups in total. The molecule has 0 unspecified atom stereocenters. The van der Waals surface area contributed by atoms with Crippen LogP contribution >= 0.6 is 0 Å². The lowest BCUT2D eigenvalue weighted by atomic mass is 9.74. The van der Waals surface area contributed by atoms with Gasteiger partial charge in [0.1, 0.15) is 17.2 Å². The number of carbonyl (C=O) groups is 1. The lowest BCUT2D eigenvalue weighted by Gasteiger charge is -2.37. The summed E-state index contributed by atoms with van der Waals surface area (Å²) in [5.41, 5.74) is 4.28. The highest BCUT2D eigenvalue weighted by atomic mass is 19.1. The van der Waals surface area contributed by atoms with Gasteiger partial charge in [-0.3, -0.25) is 9.48 Å². The maximum absolute atomic E-state index is 15.1. The molecular formula is C24H21FN6O. The van der Waals surface area contributed by atoms with Crippen LogP contribution < -0.4 is 5.32 Å². The van der Waals surface area contributed by atoms with E-state index in [2.05, 4.69) is 32.2 Å². The Labute approximate surface area is 184 Å². The van der Waals surface area contributed by atoms with Crippen LogP contribution in [0.5, 0.6) is 0 Å². The predicted octanol–water partition coefficient (Wildman–Crippen LogP) is 3.55. The van der Waals surface area contributed by atoms with Crippen LogP contribution in [0, 0.1) is 17.7 Å². The summed E-state index contributed by atoms with van der Waals surface area (Å²) in [6, 6.07) is 6.98. The van der Waals surface area contributed by atoms with Crippen molar-refractivity contribution in [3.63, 3.8) is 0 Å². The van der Waals surface area contributed by atoms with Crippen molar-refractivity contribution < 1.29 is 9.18 Å². The number of benzene rings is 1. The van der Waals surface area contributed by atoms with Crippen molar-refractivity contribution in [2.24, 2.45) is 7.05 Å². The van der Waals surface area contributed by atoms with E-state index in [4.69, 9.17) is 4.98 Å². The summed E-state index contributed by atoms with van der Waals surface area (Å²) >= 11 is 0. The summed E-state index contributed by atoms with van der Waals surface area (Å²) < 4.78 is 16.8. The second-order valence-electron chi connectivity index (χ2n) is 7.92. The van der Waals surface area contributed by atoms with Crippen molar-refractivity contribution in [3.05, 3.63) is 54.2 Å². The molecule has 0 radical (unpaired) electrons. The van der Waals surface area contributed by atoms with Crippen LogP contribution in [0.3, 0.4) is 0 Å². The summed E-state index contributed by atoms with van der Waals surface area (Å²) in [7, 11) is 1.84. The molecule has 1 aromatic carbocycles. The summed E-state index contributed by atoms with van der Waals surface area (Å²) in [6.07, 6.45) is 6.92. The van der Waals surface area contributed by atoms with Gasteiger partial charge in [0.25, 0.3) is 5.91 Å². The minimum Gasteiger partial charge on any atom is -0.342 e. The first-order valence-corrected chi connectivity index (χ1v) is 10.4. The number of H-pyrrole nitrogens is 1. The number of hydrogen-bond acceptors (Lipinski definition) is 4. The first kappa shape index (κ1) is 19.9. The highest BCUT2D eigenvalue weighted by Crippen LogP contribution is 2.39. The zero-order valence-electron chi connectivity index (χ0n) is 17.7. The number of nitrogens with one attached hydrogen (secondary N) is 2. The normalized spacial score (nSPS) is 17.5. The number of fused-ring (bicyclic) bond motifs is 1. The lowest BCUT2D eigenvalue weighted by molar-refractivity contribution is -0.117. The molecule has 4 aromatic rings. The van der Waals surface area contributed by atoms with E-state index in [-0.39, 0.29) is 23.7 Å². The van der Waals surface area contributed by atoms with Gasteiger partial charge in [-0.05, 0) is 48.9 Å². The molecule has 0 spiro atoms. The third-order valence-corrected chi connectivity index (χ3v) is 5.90. The largest absolute Gasteiger partial charge is 0.342 e. The third-order valence-electron chi connectivity index (χ3n) is 5.90. The standard InChI is InChI=1S/C24H21FN6O/c1-3-4-21(32)28-20-8-7-18(20)17-6-5-14(11-19(17)25)16-9-10-26-24-22(16)29-23(30-24)15-12-27-31(2)13-15/h5-6,9-13,18,20H,7-8H2,1-2H3,(H,28,32)(H,26,29,30)/t18-,20-/m1/s1. The van der Waals surface area contributed by atoms with Gasteiger partial charge in [0, 0.05) is 37.0 Å². The molecule has 160 valence electrons. The second kappa shape index (κ2) is 7.93. The maximum Gasteiger partial charge on any atom is 0.296 e. The quantitative estimate of drug-likeness (QED) is 0.487. The Kier molecular flexibility index (Phi) is 4.94. The van der Waals surface area contributed by atoms with E-state index < -0.39 is 0 Å². The number of aromatic amines is 1. The molecule has 3 aromatic heterocycles. The highest BCUT2D eigenvalue weighted by molar-refractivity contribution is 5.94. The van der Waals surface area contributed by atoms with Gasteiger partial charge in [-0.1, -0.05) is 18.1 Å². The molecule has 1 saturated carbocycles. The molecule has 0 saturated heterocycles. The van der Waals surface area contributed by atoms with Crippen LogP contribution in [0.15, 0.2) is 42.9 Å². The number of imidazole rings is 1. The first-order chi connectivity index (χ1) is 15.5. The molecule has 5 rings (SSSR count). The van der Waals surface area contributed by atoms with E-state index in [0.717, 1.165) is 29.5 Å². The fraction of sp³-hybridized carbons (Fsp3) is 0.250. The van der Waals surface area contributed by atoms with Gasteiger partial charge in [0.2, 0.25) is 0 Å². The number of carbonyl (C=O) groups excluding carboxylic acids is 1. The van der Waals surface area contributed by atoms with Crippen LogP contribution in [0.4, 0.5) is 4.39 Å². The second-order valence-corrected chi connectivity index (χ2v) is 7.92. The number of nitrogens with zero attached hydrogens (tertiary/aromatic N) is 4. The van der Waals surface area contributed by atoms with E-state index >= 15 is 4.39 Å². The molecule has 0 bridgehead atoms. The Bertz CT molecular complexity index is 1390. The van der Waals surface area contributed by atoms with E-state index in [1.807, 2.05) is 25.4 Å². The van der Waals surface area contributed by atoms with Gasteiger partial charge in [0.15, 0.2) is 5.65 Å². The van der Waals surface area contributed by atoms with E-state index in [1.54, 1.807) is 30.1 Å². The minimum absolute atomic E-state index is 0.0494. The first-order valence-electron chi connectivity index (χ1n) is 10.4. The van der Waals surface area contributed by atoms with Crippen LogP contribution in [-0.4, -0.2) is 36.7 Å². The summed E-state index contributed by atoms with van der Waals surface area (Å²) in [5.74, 6) is 5.07. The molecule has 1 aliphatic carbocycles. The molecule has 1 amide bonds. The fourth-order valence-electron chi connectivity index (χ4n) is 4.18. The van der Waals surface area contributed by atoms with Crippen molar-refractivity contribution in [1.29, 1.82) is 0 Å². The number of amides is 1. The van der Waals surface area contributed by atoms with Crippen LogP contribution in [0.25, 0.3) is 33.7 Å². The number of hydrogen-bond donors (Lipinski definition) is 2. The zero-order valence-corrected chi connectivity index (χ0v) is 17.7. The van der Waals surface area contributed by atoms with Gasteiger partial charge < -0.3 is 10.3 Å². The highest BCUT2D eigenvalue weighted by Gasteiger charge is 2.34. The lowest BCUT2D eigenvalue weighted by Crippen LogP contribution is -2.45. The minimum atomic E-state index is -0.318. The van der Waals surface area contributed by atoms with E-state index in [1.165, 1.54) is 6.07 Å². The number of halogens is 1. The van der Waals surface area contributed by atoms with Crippen molar-refractivity contribution >= 4 is 17.1 Å². The summed E-state index contributed by atoms with van der Waals surface area (Å²) in [6.45, 7) is 1.62. The Balaban J connectivity index is 1.46. The number of aromatic nitrogens is 5. The van der Waals surface area contributed by atoms with Crippen LogP contribution in [0.1, 0.15) is 31.2 Å². The molecule has 7 nitrogen and oxygen atoms in total. The summed E-state index contributed by atoms with van der Waals surface area (Å²) in [5, 5.41) is 7.06. The number of pyridine rings is 1. The molecular weight excluding hydrogens is 407 g/mol. The van der Waals surface area contributed by atoms with Crippen molar-refractivity contribution in [2.45, 2.75) is 31.7 Å². The number of rotatable bonds is 4. The maximum atomic E-state index is 15.1. The van der Waals surface area contributed by atoms with Gasteiger partial charge in [-0.2, -0.15) is 5.10 Å². The van der Waals surface area contributed by atoms with Gasteiger partial charge >= 0.3 is 0 Å². The molecule has 32 heavy (non-hydrogen) atoms. The average molecular weight is 428 g/mol. The van der Waals surface area contributed by atoms with Crippen LogP contribution in [-0.2, 0) is 11.8 Å². The molecule has 3 heterocycles. The van der Waals surface area contributed by atoms with Crippen molar-refractivity contribution in [2.75, 3.05) is 0 Å². The topological polar surface area (TPSA) is 88.5 Å². The van der Waals surface area contributed by atoms with Crippen molar-refractivity contribution in [3.8, 4) is 34.4 Å². The monoisotopic (exact) mass is 428 g/mol. The SMILES string of the molecule is CC#CC(=O)N[C@@H]1CC[C@@H]1c1ccc(-c2ccnc3[nH]c(-c4cnn(C)c4)nc23)cc1F. The fourth-order valence-corrected chi connectivity index (χ4v) is 4.18. The summed E-state index contributed by atoms with van der Waals surface area (Å²) in [4.78, 5) is 24.1.